The second-order valence-electron chi connectivity index (χ2n) is 3.77. The summed E-state index contributed by atoms with van der Waals surface area (Å²) in [5.74, 6) is 1.77. The van der Waals surface area contributed by atoms with Gasteiger partial charge in [-0.1, -0.05) is 39.2 Å². The highest BCUT2D eigenvalue weighted by Crippen LogP contribution is 2.25. The lowest BCUT2D eigenvalue weighted by molar-refractivity contribution is 0.237. The van der Waals surface area contributed by atoms with Crippen molar-refractivity contribution in [3.05, 3.63) is 12.3 Å². The van der Waals surface area contributed by atoms with E-state index in [1.807, 2.05) is 0 Å². The van der Waals surface area contributed by atoms with Gasteiger partial charge in [-0.05, 0) is 12.3 Å². The third-order valence-corrected chi connectivity index (χ3v) is 2.51. The normalized spacial score (nSPS) is 22.8. The van der Waals surface area contributed by atoms with Gasteiger partial charge in [0.25, 0.3) is 0 Å². The smallest absolute Gasteiger partial charge is 0.0909 e. The molecule has 1 aliphatic rings. The van der Waals surface area contributed by atoms with Crippen LogP contribution in [0.4, 0.5) is 0 Å². The molecule has 1 saturated heterocycles. The molecule has 1 unspecified atom stereocenters. The predicted molar refractivity (Wildman–Crippen MR) is 52.0 cm³/mol. The minimum Gasteiger partial charge on any atom is -0.498 e. The summed E-state index contributed by atoms with van der Waals surface area (Å²) < 4.78 is 5.33. The van der Waals surface area contributed by atoms with E-state index >= 15 is 0 Å². The Morgan fingerprint density at radius 1 is 1.42 bits per heavy atom. The van der Waals surface area contributed by atoms with Crippen LogP contribution < -0.4 is 0 Å². The summed E-state index contributed by atoms with van der Waals surface area (Å²) in [7, 11) is 0. The molecule has 0 radical (unpaired) electrons. The van der Waals surface area contributed by atoms with Gasteiger partial charge in [-0.2, -0.15) is 0 Å². The van der Waals surface area contributed by atoms with E-state index < -0.39 is 0 Å². The van der Waals surface area contributed by atoms with E-state index in [0.29, 0.717) is 0 Å². The molecule has 70 valence electrons. The molecule has 0 bridgehead atoms. The maximum absolute atomic E-state index is 5.33. The zero-order valence-electron chi connectivity index (χ0n) is 8.14. The number of unbranched alkanes of at least 4 members (excludes halogenated alkanes) is 3. The number of rotatable bonds is 5. The van der Waals surface area contributed by atoms with Crippen molar-refractivity contribution in [2.75, 3.05) is 6.61 Å². The monoisotopic (exact) mass is 168 g/mol. The third-order valence-electron chi connectivity index (χ3n) is 2.51. The first-order chi connectivity index (χ1) is 5.83. The molecule has 1 nitrogen and oxygen atoms in total. The fraction of sp³-hybridized carbons (Fsp3) is 0.818. The number of hydrogen-bond donors (Lipinski definition) is 0. The number of ether oxygens (including phenoxy) is 1. The lowest BCUT2D eigenvalue weighted by Gasteiger charge is -2.04. The second kappa shape index (κ2) is 5.23. The molecule has 12 heavy (non-hydrogen) atoms. The Morgan fingerprint density at radius 3 is 2.83 bits per heavy atom. The summed E-state index contributed by atoms with van der Waals surface area (Å²) in [6.45, 7) is 7.00. The Hall–Kier alpha value is -0.460. The molecule has 0 spiro atoms. The quantitative estimate of drug-likeness (QED) is 0.571. The standard InChI is InChI=1S/C11H20O/c1-3-4-5-6-7-11-8-10(2)12-9-11/h11H,2-9H2,1H3. The van der Waals surface area contributed by atoms with Gasteiger partial charge < -0.3 is 4.74 Å². The summed E-state index contributed by atoms with van der Waals surface area (Å²) in [5, 5.41) is 0. The van der Waals surface area contributed by atoms with Crippen LogP contribution in [0, 0.1) is 5.92 Å². The zero-order valence-corrected chi connectivity index (χ0v) is 8.14. The topological polar surface area (TPSA) is 9.23 Å². The predicted octanol–water partition coefficient (Wildman–Crippen LogP) is 3.51. The Balaban J connectivity index is 1.97. The van der Waals surface area contributed by atoms with Crippen LogP contribution in [0.25, 0.3) is 0 Å². The second-order valence-corrected chi connectivity index (χ2v) is 3.77. The SMILES string of the molecule is C=C1CC(CCCCCC)CO1. The number of allylic oxidation sites excluding steroid dienone is 1. The van der Waals surface area contributed by atoms with Crippen LogP contribution in [0.5, 0.6) is 0 Å². The summed E-state index contributed by atoms with van der Waals surface area (Å²) in [6, 6.07) is 0. The Labute approximate surface area is 75.8 Å². The fourth-order valence-corrected chi connectivity index (χ4v) is 1.72. The molecule has 1 heteroatoms. The molecule has 0 N–H and O–H groups in total. The van der Waals surface area contributed by atoms with Gasteiger partial charge in [0.1, 0.15) is 0 Å². The molecule has 0 aromatic rings. The van der Waals surface area contributed by atoms with Crippen molar-refractivity contribution in [2.45, 2.75) is 45.4 Å². The average Bonchev–Trinajstić information content (AvgIpc) is 2.45. The molecule has 1 rings (SSSR count). The highest BCUT2D eigenvalue weighted by atomic mass is 16.5. The van der Waals surface area contributed by atoms with Crippen molar-refractivity contribution in [1.29, 1.82) is 0 Å². The molecule has 1 fully saturated rings. The summed E-state index contributed by atoms with van der Waals surface area (Å²) in [6.07, 6.45) is 7.90. The van der Waals surface area contributed by atoms with Gasteiger partial charge in [0, 0.05) is 6.42 Å². The Morgan fingerprint density at radius 2 is 2.25 bits per heavy atom. The van der Waals surface area contributed by atoms with Crippen LogP contribution in [-0.4, -0.2) is 6.61 Å². The molecular formula is C11H20O. The molecular weight excluding hydrogens is 148 g/mol. The zero-order chi connectivity index (χ0) is 8.81. The molecule has 0 aliphatic carbocycles. The first kappa shape index (κ1) is 9.63. The van der Waals surface area contributed by atoms with Gasteiger partial charge in [-0.15, -0.1) is 0 Å². The van der Waals surface area contributed by atoms with E-state index in [0.717, 1.165) is 24.7 Å². The van der Waals surface area contributed by atoms with E-state index in [2.05, 4.69) is 13.5 Å². The van der Waals surface area contributed by atoms with Gasteiger partial charge in [0.05, 0.1) is 12.4 Å². The molecule has 1 atom stereocenters. The van der Waals surface area contributed by atoms with Crippen LogP contribution in [-0.2, 0) is 4.74 Å². The Kier molecular flexibility index (Phi) is 4.20. The molecule has 0 aromatic heterocycles. The van der Waals surface area contributed by atoms with Crippen molar-refractivity contribution in [3.63, 3.8) is 0 Å². The van der Waals surface area contributed by atoms with E-state index in [9.17, 15) is 0 Å². The van der Waals surface area contributed by atoms with E-state index in [1.165, 1.54) is 32.1 Å². The van der Waals surface area contributed by atoms with Crippen molar-refractivity contribution in [2.24, 2.45) is 5.92 Å². The van der Waals surface area contributed by atoms with Gasteiger partial charge in [0.2, 0.25) is 0 Å². The van der Waals surface area contributed by atoms with Crippen molar-refractivity contribution >= 4 is 0 Å². The highest BCUT2D eigenvalue weighted by Gasteiger charge is 2.18. The molecule has 1 aliphatic heterocycles. The number of hydrogen-bond acceptors (Lipinski definition) is 1. The van der Waals surface area contributed by atoms with Gasteiger partial charge >= 0.3 is 0 Å². The first-order valence-electron chi connectivity index (χ1n) is 5.13. The van der Waals surface area contributed by atoms with Crippen molar-refractivity contribution < 1.29 is 4.74 Å². The van der Waals surface area contributed by atoms with Gasteiger partial charge in [-0.25, -0.2) is 0 Å². The summed E-state index contributed by atoms with van der Waals surface area (Å²) >= 11 is 0. The maximum atomic E-state index is 5.33. The minimum absolute atomic E-state index is 0.773. The van der Waals surface area contributed by atoms with Crippen LogP contribution in [0.1, 0.15) is 45.4 Å². The van der Waals surface area contributed by atoms with E-state index in [-0.39, 0.29) is 0 Å². The van der Waals surface area contributed by atoms with Crippen molar-refractivity contribution in [1.82, 2.24) is 0 Å². The van der Waals surface area contributed by atoms with E-state index in [4.69, 9.17) is 4.74 Å². The molecule has 0 aromatic carbocycles. The van der Waals surface area contributed by atoms with E-state index in [1.54, 1.807) is 0 Å². The molecule has 1 heterocycles. The average molecular weight is 168 g/mol. The van der Waals surface area contributed by atoms with Gasteiger partial charge in [0.15, 0.2) is 0 Å². The van der Waals surface area contributed by atoms with Crippen LogP contribution >= 0.6 is 0 Å². The third kappa shape index (κ3) is 3.29. The maximum Gasteiger partial charge on any atom is 0.0909 e. The molecule has 0 saturated carbocycles. The lowest BCUT2D eigenvalue weighted by atomic mass is 10.00. The van der Waals surface area contributed by atoms with Crippen LogP contribution in [0.3, 0.4) is 0 Å². The van der Waals surface area contributed by atoms with Crippen LogP contribution in [0.2, 0.25) is 0 Å². The fourth-order valence-electron chi connectivity index (χ4n) is 1.72. The van der Waals surface area contributed by atoms with Crippen molar-refractivity contribution in [3.8, 4) is 0 Å². The molecule has 0 amide bonds. The Bertz CT molecular complexity index is 140. The summed E-state index contributed by atoms with van der Waals surface area (Å²) in [4.78, 5) is 0. The summed E-state index contributed by atoms with van der Waals surface area (Å²) in [5.41, 5.74) is 0. The van der Waals surface area contributed by atoms with Crippen LogP contribution in [0.15, 0.2) is 12.3 Å². The minimum atomic E-state index is 0.773. The highest BCUT2D eigenvalue weighted by molar-refractivity contribution is 4.91. The largest absolute Gasteiger partial charge is 0.498 e. The lowest BCUT2D eigenvalue weighted by Crippen LogP contribution is -1.98. The van der Waals surface area contributed by atoms with Gasteiger partial charge in [-0.3, -0.25) is 0 Å². The first-order valence-corrected chi connectivity index (χ1v) is 5.13.